The lowest BCUT2D eigenvalue weighted by Crippen LogP contribution is -2.13. The van der Waals surface area contributed by atoms with Crippen molar-refractivity contribution < 1.29 is 15.0 Å². The lowest BCUT2D eigenvalue weighted by molar-refractivity contribution is -0.147. The van der Waals surface area contributed by atoms with E-state index in [4.69, 9.17) is 10.9 Å². The number of carboxylic acids is 1. The highest BCUT2D eigenvalue weighted by atomic mass is 16.4. The van der Waals surface area contributed by atoms with Crippen LogP contribution in [0.25, 0.3) is 0 Å². The minimum absolute atomic E-state index is 0.372. The number of benzene rings is 1. The first-order valence-electron chi connectivity index (χ1n) is 4.04. The smallest absolute Gasteiger partial charge is 0.337 e. The molecule has 1 aromatic rings. The molecule has 0 aliphatic heterocycles. The molecule has 0 heterocycles. The maximum Gasteiger partial charge on any atom is 0.337 e. The molecule has 0 fully saturated rings. The Morgan fingerprint density at radius 1 is 1.57 bits per heavy atom. The molecule has 0 saturated carbocycles. The van der Waals surface area contributed by atoms with Crippen LogP contribution in [-0.2, 0) is 4.79 Å². The number of nitrogen functional groups attached to an aromatic ring is 1. The van der Waals surface area contributed by atoms with Gasteiger partial charge in [-0.3, -0.25) is 5.84 Å². The lowest BCUT2D eigenvalue weighted by Gasteiger charge is -2.10. The SMILES string of the molecule is Cc1cc(NN)ccc1C(O)C(=O)O. The van der Waals surface area contributed by atoms with Crippen LogP contribution in [0.2, 0.25) is 0 Å². The minimum Gasteiger partial charge on any atom is -0.479 e. The number of nitrogens with two attached hydrogens (primary N) is 1. The second kappa shape index (κ2) is 4.08. The molecule has 0 bridgehead atoms. The number of rotatable bonds is 3. The Kier molecular flexibility index (Phi) is 3.06. The minimum atomic E-state index is -1.48. The molecule has 5 N–H and O–H groups in total. The third-order valence-corrected chi connectivity index (χ3v) is 1.96. The van der Waals surface area contributed by atoms with Crippen LogP contribution in [0.3, 0.4) is 0 Å². The number of nitrogens with one attached hydrogen (secondary N) is 1. The van der Waals surface area contributed by atoms with Gasteiger partial charge in [-0.1, -0.05) is 6.07 Å². The number of hydrazine groups is 1. The Labute approximate surface area is 81.1 Å². The molecule has 0 aromatic heterocycles. The Hall–Kier alpha value is -1.59. The van der Waals surface area contributed by atoms with Crippen LogP contribution >= 0.6 is 0 Å². The fourth-order valence-corrected chi connectivity index (χ4v) is 1.21. The van der Waals surface area contributed by atoms with Gasteiger partial charge in [-0.2, -0.15) is 0 Å². The first kappa shape index (κ1) is 10.5. The van der Waals surface area contributed by atoms with Gasteiger partial charge in [-0.05, 0) is 30.2 Å². The first-order valence-corrected chi connectivity index (χ1v) is 4.04. The number of aryl methyl sites for hydroxylation is 1. The molecular weight excluding hydrogens is 184 g/mol. The third kappa shape index (κ3) is 2.01. The van der Waals surface area contributed by atoms with Crippen LogP contribution in [-0.4, -0.2) is 16.2 Å². The maximum absolute atomic E-state index is 10.5. The fourth-order valence-electron chi connectivity index (χ4n) is 1.21. The molecule has 5 heteroatoms. The fraction of sp³-hybridized carbons (Fsp3) is 0.222. The lowest BCUT2D eigenvalue weighted by atomic mass is 10.0. The van der Waals surface area contributed by atoms with E-state index in [2.05, 4.69) is 5.43 Å². The summed E-state index contributed by atoms with van der Waals surface area (Å²) in [6, 6.07) is 4.80. The molecule has 1 atom stereocenters. The van der Waals surface area contributed by atoms with E-state index in [0.717, 1.165) is 0 Å². The molecule has 0 amide bonds. The zero-order valence-electron chi connectivity index (χ0n) is 7.69. The van der Waals surface area contributed by atoms with E-state index in [1.807, 2.05) is 0 Å². The van der Waals surface area contributed by atoms with Gasteiger partial charge in [0.05, 0.1) is 0 Å². The standard InChI is InChI=1S/C9H12N2O3/c1-5-4-6(11-10)2-3-7(5)8(12)9(13)14/h2-4,8,11-12H,10H2,1H3,(H,13,14). The van der Waals surface area contributed by atoms with Crippen LogP contribution in [0.4, 0.5) is 5.69 Å². The molecule has 1 aromatic carbocycles. The first-order chi connectivity index (χ1) is 6.56. The third-order valence-electron chi connectivity index (χ3n) is 1.96. The molecule has 76 valence electrons. The van der Waals surface area contributed by atoms with Gasteiger partial charge in [0.1, 0.15) is 0 Å². The number of carboxylic acid groups (broad SMARTS) is 1. The summed E-state index contributed by atoms with van der Waals surface area (Å²) in [4.78, 5) is 10.5. The summed E-state index contributed by atoms with van der Waals surface area (Å²) in [7, 11) is 0. The summed E-state index contributed by atoms with van der Waals surface area (Å²) in [5.74, 6) is 3.91. The number of aliphatic hydroxyl groups excluding tert-OH is 1. The highest BCUT2D eigenvalue weighted by Gasteiger charge is 2.17. The van der Waals surface area contributed by atoms with Crippen LogP contribution in [0.5, 0.6) is 0 Å². The van der Waals surface area contributed by atoms with Gasteiger partial charge in [0.25, 0.3) is 0 Å². The van der Waals surface area contributed by atoms with Crippen molar-refractivity contribution in [1.29, 1.82) is 0 Å². The molecule has 0 aliphatic carbocycles. The van der Waals surface area contributed by atoms with Crippen molar-refractivity contribution in [2.45, 2.75) is 13.0 Å². The van der Waals surface area contributed by atoms with Crippen LogP contribution in [0, 0.1) is 6.92 Å². The highest BCUT2D eigenvalue weighted by molar-refractivity contribution is 5.75. The normalized spacial score (nSPS) is 12.2. The number of hydrogen-bond donors (Lipinski definition) is 4. The summed E-state index contributed by atoms with van der Waals surface area (Å²) in [5, 5.41) is 17.9. The van der Waals surface area contributed by atoms with Gasteiger partial charge in [0.2, 0.25) is 0 Å². The van der Waals surface area contributed by atoms with Crippen molar-refractivity contribution in [2.75, 3.05) is 5.43 Å². The van der Waals surface area contributed by atoms with Crippen molar-refractivity contribution >= 4 is 11.7 Å². The molecule has 1 rings (SSSR count). The zero-order valence-corrected chi connectivity index (χ0v) is 7.69. The Morgan fingerprint density at radius 3 is 2.64 bits per heavy atom. The summed E-state index contributed by atoms with van der Waals surface area (Å²) < 4.78 is 0. The molecule has 0 saturated heterocycles. The summed E-state index contributed by atoms with van der Waals surface area (Å²) in [6.45, 7) is 1.71. The number of aliphatic hydroxyl groups is 1. The Morgan fingerprint density at radius 2 is 2.21 bits per heavy atom. The monoisotopic (exact) mass is 196 g/mol. The van der Waals surface area contributed by atoms with Gasteiger partial charge in [0.15, 0.2) is 6.10 Å². The average molecular weight is 196 g/mol. The van der Waals surface area contributed by atoms with Gasteiger partial charge in [-0.15, -0.1) is 0 Å². The van der Waals surface area contributed by atoms with E-state index >= 15 is 0 Å². The molecule has 0 aliphatic rings. The average Bonchev–Trinajstić information content (AvgIpc) is 2.16. The highest BCUT2D eigenvalue weighted by Crippen LogP contribution is 2.20. The number of hydrogen-bond acceptors (Lipinski definition) is 4. The predicted octanol–water partition coefficient (Wildman–Crippen LogP) is 0.399. The summed E-state index contributed by atoms with van der Waals surface area (Å²) in [5.41, 5.74) is 4.15. The quantitative estimate of drug-likeness (QED) is 0.414. The van der Waals surface area contributed by atoms with Gasteiger partial charge >= 0.3 is 5.97 Å². The van der Waals surface area contributed by atoms with Crippen molar-refractivity contribution in [2.24, 2.45) is 5.84 Å². The maximum atomic E-state index is 10.5. The number of carbonyl (C=O) groups is 1. The molecule has 0 spiro atoms. The van der Waals surface area contributed by atoms with E-state index in [1.54, 1.807) is 19.1 Å². The van der Waals surface area contributed by atoms with Crippen molar-refractivity contribution in [3.63, 3.8) is 0 Å². The Bertz CT molecular complexity index is 352. The van der Waals surface area contributed by atoms with Crippen molar-refractivity contribution in [1.82, 2.24) is 0 Å². The van der Waals surface area contributed by atoms with Crippen LogP contribution in [0.15, 0.2) is 18.2 Å². The second-order valence-corrected chi connectivity index (χ2v) is 2.96. The van der Waals surface area contributed by atoms with E-state index in [1.165, 1.54) is 6.07 Å². The molecule has 1 unspecified atom stereocenters. The summed E-state index contributed by atoms with van der Waals surface area (Å²) >= 11 is 0. The predicted molar refractivity (Wildman–Crippen MR) is 51.6 cm³/mol. The van der Waals surface area contributed by atoms with Gasteiger partial charge < -0.3 is 15.6 Å². The Balaban J connectivity index is 3.05. The second-order valence-electron chi connectivity index (χ2n) is 2.96. The van der Waals surface area contributed by atoms with E-state index in [0.29, 0.717) is 16.8 Å². The molecule has 5 nitrogen and oxygen atoms in total. The van der Waals surface area contributed by atoms with E-state index in [9.17, 15) is 9.90 Å². The number of anilines is 1. The van der Waals surface area contributed by atoms with E-state index < -0.39 is 12.1 Å². The van der Waals surface area contributed by atoms with E-state index in [-0.39, 0.29) is 0 Å². The van der Waals surface area contributed by atoms with Crippen molar-refractivity contribution in [3.05, 3.63) is 29.3 Å². The van der Waals surface area contributed by atoms with Crippen molar-refractivity contribution in [3.8, 4) is 0 Å². The molecule has 0 radical (unpaired) electrons. The topological polar surface area (TPSA) is 95.6 Å². The zero-order chi connectivity index (χ0) is 10.7. The van der Waals surface area contributed by atoms with Crippen LogP contribution < -0.4 is 11.3 Å². The van der Waals surface area contributed by atoms with Crippen LogP contribution in [0.1, 0.15) is 17.2 Å². The summed E-state index contributed by atoms with van der Waals surface area (Å²) in [6.07, 6.45) is -1.48. The molecular formula is C9H12N2O3. The van der Waals surface area contributed by atoms with Gasteiger partial charge in [0, 0.05) is 5.69 Å². The largest absolute Gasteiger partial charge is 0.479 e. The number of aliphatic carboxylic acids is 1. The molecule has 14 heavy (non-hydrogen) atoms. The van der Waals surface area contributed by atoms with Gasteiger partial charge in [-0.25, -0.2) is 4.79 Å².